The molecule has 1 aliphatic rings. The molecule has 0 radical (unpaired) electrons. The van der Waals surface area contributed by atoms with Gasteiger partial charge in [0.05, 0.1) is 0 Å². The molecule has 0 aromatic heterocycles. The van der Waals surface area contributed by atoms with Crippen molar-refractivity contribution in [3.05, 3.63) is 23.8 Å². The van der Waals surface area contributed by atoms with Gasteiger partial charge in [-0.1, -0.05) is 0 Å². The zero-order valence-electron chi connectivity index (χ0n) is 10.0. The standard InChI is InChI=1S/C13H18N2O2/c1-9-8-10(14)6-7-12(9)15-13(16)17-11-4-2-3-5-11/h6-8,11H,2-5,14H2,1H3,(H,15,16). The molecule has 3 N–H and O–H groups in total. The Hall–Kier alpha value is -1.71. The first kappa shape index (κ1) is 11.8. The van der Waals surface area contributed by atoms with Gasteiger partial charge in [-0.15, -0.1) is 0 Å². The number of aryl methyl sites for hydroxylation is 1. The molecule has 17 heavy (non-hydrogen) atoms. The second kappa shape index (κ2) is 5.08. The van der Waals surface area contributed by atoms with E-state index < -0.39 is 0 Å². The summed E-state index contributed by atoms with van der Waals surface area (Å²) in [6.07, 6.45) is 3.98. The number of carbonyl (C=O) groups excluding carboxylic acids is 1. The maximum absolute atomic E-state index is 11.6. The van der Waals surface area contributed by atoms with Gasteiger partial charge in [-0.3, -0.25) is 5.32 Å². The molecule has 1 aromatic rings. The SMILES string of the molecule is Cc1cc(N)ccc1NC(=O)OC1CCCC1. The van der Waals surface area contributed by atoms with Crippen molar-refractivity contribution in [3.8, 4) is 0 Å². The van der Waals surface area contributed by atoms with E-state index in [9.17, 15) is 4.79 Å². The van der Waals surface area contributed by atoms with Gasteiger partial charge in [0.15, 0.2) is 0 Å². The van der Waals surface area contributed by atoms with Crippen LogP contribution in [0.25, 0.3) is 0 Å². The Morgan fingerprint density at radius 1 is 1.41 bits per heavy atom. The van der Waals surface area contributed by atoms with Crippen molar-refractivity contribution in [1.82, 2.24) is 0 Å². The third kappa shape index (κ3) is 3.12. The number of hydrogen-bond acceptors (Lipinski definition) is 3. The molecule has 0 unspecified atom stereocenters. The van der Waals surface area contributed by atoms with Crippen molar-refractivity contribution >= 4 is 17.5 Å². The van der Waals surface area contributed by atoms with Gasteiger partial charge in [0, 0.05) is 11.4 Å². The molecule has 4 nitrogen and oxygen atoms in total. The first-order valence-corrected chi connectivity index (χ1v) is 5.99. The molecule has 0 aliphatic heterocycles. The predicted molar refractivity (Wildman–Crippen MR) is 68.0 cm³/mol. The van der Waals surface area contributed by atoms with Crippen molar-refractivity contribution in [2.45, 2.75) is 38.7 Å². The summed E-state index contributed by atoms with van der Waals surface area (Å²) in [6, 6.07) is 5.38. The number of amides is 1. The third-order valence-corrected chi connectivity index (χ3v) is 3.06. The van der Waals surface area contributed by atoms with Crippen molar-refractivity contribution in [3.63, 3.8) is 0 Å². The molecular formula is C13H18N2O2. The predicted octanol–water partition coefficient (Wildman–Crippen LogP) is 3.07. The maximum Gasteiger partial charge on any atom is 0.411 e. The quantitative estimate of drug-likeness (QED) is 0.773. The van der Waals surface area contributed by atoms with Gasteiger partial charge in [0.2, 0.25) is 0 Å². The Balaban J connectivity index is 1.93. The van der Waals surface area contributed by atoms with E-state index in [4.69, 9.17) is 10.5 Å². The van der Waals surface area contributed by atoms with Crippen LogP contribution in [0.15, 0.2) is 18.2 Å². The zero-order chi connectivity index (χ0) is 12.3. The Morgan fingerprint density at radius 3 is 2.76 bits per heavy atom. The van der Waals surface area contributed by atoms with Crippen molar-refractivity contribution in [1.29, 1.82) is 0 Å². The number of ether oxygens (including phenoxy) is 1. The molecule has 1 fully saturated rings. The number of nitrogens with one attached hydrogen (secondary N) is 1. The third-order valence-electron chi connectivity index (χ3n) is 3.06. The lowest BCUT2D eigenvalue weighted by Crippen LogP contribution is -2.20. The molecule has 0 heterocycles. The van der Waals surface area contributed by atoms with Crippen LogP contribution in [-0.2, 0) is 4.74 Å². The van der Waals surface area contributed by atoms with Crippen LogP contribution in [0.4, 0.5) is 16.2 Å². The van der Waals surface area contributed by atoms with Crippen LogP contribution >= 0.6 is 0 Å². The summed E-state index contributed by atoms with van der Waals surface area (Å²) < 4.78 is 5.32. The number of benzene rings is 1. The molecule has 0 atom stereocenters. The molecule has 1 amide bonds. The largest absolute Gasteiger partial charge is 0.446 e. The number of nitrogens with two attached hydrogens (primary N) is 1. The lowest BCUT2D eigenvalue weighted by atomic mass is 10.2. The van der Waals surface area contributed by atoms with E-state index in [1.807, 2.05) is 13.0 Å². The minimum Gasteiger partial charge on any atom is -0.446 e. The number of rotatable bonds is 2. The van der Waals surface area contributed by atoms with Crippen LogP contribution in [-0.4, -0.2) is 12.2 Å². The van der Waals surface area contributed by atoms with Gasteiger partial charge in [-0.25, -0.2) is 4.79 Å². The van der Waals surface area contributed by atoms with Gasteiger partial charge in [0.25, 0.3) is 0 Å². The second-order valence-electron chi connectivity index (χ2n) is 4.51. The molecule has 1 aliphatic carbocycles. The van der Waals surface area contributed by atoms with Gasteiger partial charge < -0.3 is 10.5 Å². The van der Waals surface area contributed by atoms with Crippen LogP contribution in [0.5, 0.6) is 0 Å². The van der Waals surface area contributed by atoms with Crippen LogP contribution in [0.1, 0.15) is 31.2 Å². The monoisotopic (exact) mass is 234 g/mol. The molecule has 92 valence electrons. The fourth-order valence-corrected chi connectivity index (χ4v) is 2.12. The zero-order valence-corrected chi connectivity index (χ0v) is 10.0. The highest BCUT2D eigenvalue weighted by atomic mass is 16.6. The number of carbonyl (C=O) groups is 1. The van der Waals surface area contributed by atoms with Crippen LogP contribution in [0.2, 0.25) is 0 Å². The van der Waals surface area contributed by atoms with E-state index in [-0.39, 0.29) is 12.2 Å². The molecule has 1 saturated carbocycles. The highest BCUT2D eigenvalue weighted by molar-refractivity contribution is 5.86. The van der Waals surface area contributed by atoms with Crippen LogP contribution in [0, 0.1) is 6.92 Å². The van der Waals surface area contributed by atoms with Gasteiger partial charge in [-0.05, 0) is 56.4 Å². The van der Waals surface area contributed by atoms with Crippen molar-refractivity contribution in [2.75, 3.05) is 11.1 Å². The summed E-state index contributed by atoms with van der Waals surface area (Å²) >= 11 is 0. The number of anilines is 2. The summed E-state index contributed by atoms with van der Waals surface area (Å²) in [4.78, 5) is 11.6. The fraction of sp³-hybridized carbons (Fsp3) is 0.462. The van der Waals surface area contributed by atoms with Gasteiger partial charge in [-0.2, -0.15) is 0 Å². The van der Waals surface area contributed by atoms with E-state index in [2.05, 4.69) is 5.32 Å². The molecule has 1 aromatic carbocycles. The Morgan fingerprint density at radius 2 is 2.12 bits per heavy atom. The van der Waals surface area contributed by atoms with Crippen molar-refractivity contribution in [2.24, 2.45) is 0 Å². The summed E-state index contributed by atoms with van der Waals surface area (Å²) in [7, 11) is 0. The molecular weight excluding hydrogens is 216 g/mol. The number of nitrogen functional groups attached to an aromatic ring is 1. The molecule has 0 saturated heterocycles. The first-order valence-electron chi connectivity index (χ1n) is 5.99. The Labute approximate surface area is 101 Å². The average Bonchev–Trinajstić information content (AvgIpc) is 2.75. The lowest BCUT2D eigenvalue weighted by molar-refractivity contribution is 0.114. The van der Waals surface area contributed by atoms with Gasteiger partial charge in [0.1, 0.15) is 6.10 Å². The molecule has 2 rings (SSSR count). The summed E-state index contributed by atoms with van der Waals surface area (Å²) in [6.45, 7) is 1.90. The van der Waals surface area contributed by atoms with Crippen molar-refractivity contribution < 1.29 is 9.53 Å². The summed E-state index contributed by atoms with van der Waals surface area (Å²) in [5.41, 5.74) is 8.03. The van der Waals surface area contributed by atoms with E-state index in [1.54, 1.807) is 12.1 Å². The van der Waals surface area contributed by atoms with E-state index in [1.165, 1.54) is 0 Å². The normalized spacial score (nSPS) is 15.8. The van der Waals surface area contributed by atoms with E-state index >= 15 is 0 Å². The van der Waals surface area contributed by atoms with E-state index in [0.717, 1.165) is 36.9 Å². The summed E-state index contributed by atoms with van der Waals surface area (Å²) in [5, 5.41) is 2.75. The fourth-order valence-electron chi connectivity index (χ4n) is 2.12. The van der Waals surface area contributed by atoms with E-state index in [0.29, 0.717) is 5.69 Å². The highest BCUT2D eigenvalue weighted by Crippen LogP contribution is 2.22. The first-order chi connectivity index (χ1) is 8.15. The maximum atomic E-state index is 11.6. The minimum absolute atomic E-state index is 0.0871. The molecule has 0 bridgehead atoms. The molecule has 0 spiro atoms. The Bertz CT molecular complexity index is 412. The van der Waals surface area contributed by atoms with Crippen LogP contribution in [0.3, 0.4) is 0 Å². The van der Waals surface area contributed by atoms with Gasteiger partial charge >= 0.3 is 6.09 Å². The second-order valence-corrected chi connectivity index (χ2v) is 4.51. The Kier molecular flexibility index (Phi) is 3.52. The van der Waals surface area contributed by atoms with Crippen LogP contribution < -0.4 is 11.1 Å². The highest BCUT2D eigenvalue weighted by Gasteiger charge is 2.19. The summed E-state index contributed by atoms with van der Waals surface area (Å²) in [5.74, 6) is 0. The topological polar surface area (TPSA) is 64.3 Å². The number of hydrogen-bond donors (Lipinski definition) is 2. The lowest BCUT2D eigenvalue weighted by Gasteiger charge is -2.13. The smallest absolute Gasteiger partial charge is 0.411 e. The average molecular weight is 234 g/mol. The molecule has 4 heteroatoms. The minimum atomic E-state index is -0.371.